The van der Waals surface area contributed by atoms with Gasteiger partial charge in [0.15, 0.2) is 11.5 Å². The molecule has 0 radical (unpaired) electrons. The average molecular weight is 499 g/mol. The van der Waals surface area contributed by atoms with Crippen molar-refractivity contribution >= 4 is 23.5 Å². The molecule has 0 bridgehead atoms. The first-order valence-electron chi connectivity index (χ1n) is 10.8. The summed E-state index contributed by atoms with van der Waals surface area (Å²) in [4.78, 5) is 23.6. The van der Waals surface area contributed by atoms with Crippen molar-refractivity contribution in [3.63, 3.8) is 0 Å². The fourth-order valence-corrected chi connectivity index (χ4v) is 4.77. The standard InChI is InChI=1S/C25H21ClF2N4O3/c1-32-22(33)25(31-24(32)29)11-19(8-14-3-2-4-18(7-14)35-23(27)28)34-21-6-5-15(10-20(21)25)16-9-17(26)13-30-12-16/h2-7,9-10,12-13,19,23H,8,11H2,1H3,(H2,29,31)/t19-,25-/m1/s1. The van der Waals surface area contributed by atoms with Gasteiger partial charge in [0.05, 0.1) is 5.02 Å². The van der Waals surface area contributed by atoms with Crippen molar-refractivity contribution in [1.82, 2.24) is 9.88 Å². The highest BCUT2D eigenvalue weighted by Gasteiger charge is 2.53. The molecule has 0 aliphatic carbocycles. The summed E-state index contributed by atoms with van der Waals surface area (Å²) in [6, 6.07) is 13.7. The van der Waals surface area contributed by atoms with Crippen molar-refractivity contribution in [1.29, 1.82) is 0 Å². The number of aliphatic imine (C=N–C) groups is 1. The summed E-state index contributed by atoms with van der Waals surface area (Å²) in [5.41, 5.74) is 7.70. The second-order valence-corrected chi connectivity index (χ2v) is 8.91. The number of amides is 1. The number of pyridine rings is 1. The van der Waals surface area contributed by atoms with Crippen molar-refractivity contribution in [2.24, 2.45) is 10.7 Å². The SMILES string of the molecule is CN1C(=O)[C@]2(C[C@@H](Cc3cccc(OC(F)F)c3)Oc3ccc(-c4cncc(Cl)c4)cc32)N=C1N. The third-order valence-corrected chi connectivity index (χ3v) is 6.38. The number of benzene rings is 2. The van der Waals surface area contributed by atoms with Crippen LogP contribution in [0.15, 0.2) is 65.9 Å². The Balaban J connectivity index is 1.53. The maximum Gasteiger partial charge on any atom is 0.387 e. The van der Waals surface area contributed by atoms with Crippen LogP contribution >= 0.6 is 11.6 Å². The maximum atomic E-state index is 13.5. The van der Waals surface area contributed by atoms with Crippen LogP contribution in [0.1, 0.15) is 17.5 Å². The first-order chi connectivity index (χ1) is 16.7. The molecule has 2 aliphatic rings. The molecular weight excluding hydrogens is 478 g/mol. The molecule has 0 saturated carbocycles. The van der Waals surface area contributed by atoms with E-state index in [-0.39, 0.29) is 24.0 Å². The molecule has 35 heavy (non-hydrogen) atoms. The van der Waals surface area contributed by atoms with E-state index in [2.05, 4.69) is 14.7 Å². The maximum absolute atomic E-state index is 13.5. The molecule has 2 aliphatic heterocycles. The number of nitrogens with two attached hydrogens (primary N) is 1. The van der Waals surface area contributed by atoms with E-state index >= 15 is 0 Å². The van der Waals surface area contributed by atoms with Gasteiger partial charge in [-0.05, 0) is 41.5 Å². The number of rotatable bonds is 5. The Hall–Kier alpha value is -3.72. The molecule has 7 nitrogen and oxygen atoms in total. The van der Waals surface area contributed by atoms with Crippen LogP contribution in [0.4, 0.5) is 8.78 Å². The molecular formula is C25H21ClF2N4O3. The largest absolute Gasteiger partial charge is 0.490 e. The molecule has 180 valence electrons. The van der Waals surface area contributed by atoms with Gasteiger partial charge in [-0.15, -0.1) is 0 Å². The number of carbonyl (C=O) groups excluding carboxylic acids is 1. The highest BCUT2D eigenvalue weighted by molar-refractivity contribution is 6.30. The summed E-state index contributed by atoms with van der Waals surface area (Å²) in [6.45, 7) is -2.92. The highest BCUT2D eigenvalue weighted by atomic mass is 35.5. The fourth-order valence-electron chi connectivity index (χ4n) is 4.60. The van der Waals surface area contributed by atoms with Crippen LogP contribution in [0.3, 0.4) is 0 Å². The van der Waals surface area contributed by atoms with E-state index in [0.29, 0.717) is 22.8 Å². The van der Waals surface area contributed by atoms with Gasteiger partial charge in [-0.2, -0.15) is 8.78 Å². The van der Waals surface area contributed by atoms with Crippen LogP contribution in [-0.2, 0) is 16.8 Å². The van der Waals surface area contributed by atoms with Gasteiger partial charge in [-0.3, -0.25) is 14.7 Å². The number of hydrogen-bond donors (Lipinski definition) is 1. The molecule has 5 rings (SSSR count). The summed E-state index contributed by atoms with van der Waals surface area (Å²) < 4.78 is 36.1. The van der Waals surface area contributed by atoms with Gasteiger partial charge in [-0.1, -0.05) is 29.8 Å². The molecule has 2 aromatic carbocycles. The van der Waals surface area contributed by atoms with Crippen LogP contribution in [0.2, 0.25) is 5.02 Å². The van der Waals surface area contributed by atoms with Crippen LogP contribution in [0.25, 0.3) is 11.1 Å². The second kappa shape index (κ2) is 8.81. The molecule has 1 aromatic heterocycles. The molecule has 0 unspecified atom stereocenters. The fraction of sp³-hybridized carbons (Fsp3) is 0.240. The molecule has 10 heteroatoms. The lowest BCUT2D eigenvalue weighted by Gasteiger charge is -2.37. The number of nitrogens with zero attached hydrogens (tertiary/aromatic N) is 3. The summed E-state index contributed by atoms with van der Waals surface area (Å²) in [5.74, 6) is 0.409. The van der Waals surface area contributed by atoms with Crippen molar-refractivity contribution < 1.29 is 23.0 Å². The number of halogens is 3. The number of aromatic nitrogens is 1. The zero-order valence-electron chi connectivity index (χ0n) is 18.6. The van der Waals surface area contributed by atoms with Gasteiger partial charge >= 0.3 is 6.61 Å². The Morgan fingerprint density at radius 1 is 1.23 bits per heavy atom. The van der Waals surface area contributed by atoms with E-state index in [1.807, 2.05) is 12.1 Å². The smallest absolute Gasteiger partial charge is 0.387 e. The van der Waals surface area contributed by atoms with E-state index in [4.69, 9.17) is 22.1 Å². The van der Waals surface area contributed by atoms with Crippen LogP contribution in [0.5, 0.6) is 11.5 Å². The van der Waals surface area contributed by atoms with E-state index in [9.17, 15) is 13.6 Å². The average Bonchev–Trinajstić information content (AvgIpc) is 3.02. The minimum atomic E-state index is -2.92. The second-order valence-electron chi connectivity index (χ2n) is 8.47. The number of ether oxygens (including phenoxy) is 2. The molecule has 3 aromatic rings. The number of hydrogen-bond acceptors (Lipinski definition) is 6. The Kier molecular flexibility index (Phi) is 5.80. The molecule has 1 amide bonds. The first kappa shape index (κ1) is 23.0. The summed E-state index contributed by atoms with van der Waals surface area (Å²) in [6.07, 6.45) is 3.34. The van der Waals surface area contributed by atoms with Gasteiger partial charge in [0, 0.05) is 43.4 Å². The third kappa shape index (κ3) is 4.27. The van der Waals surface area contributed by atoms with E-state index < -0.39 is 18.3 Å². The highest BCUT2D eigenvalue weighted by Crippen LogP contribution is 2.47. The normalized spacial score (nSPS) is 21.2. The zero-order valence-corrected chi connectivity index (χ0v) is 19.4. The predicted molar refractivity (Wildman–Crippen MR) is 127 cm³/mol. The third-order valence-electron chi connectivity index (χ3n) is 6.17. The number of guanidine groups is 1. The van der Waals surface area contributed by atoms with E-state index in [1.165, 1.54) is 17.0 Å². The lowest BCUT2D eigenvalue weighted by Crippen LogP contribution is -2.46. The minimum Gasteiger partial charge on any atom is -0.490 e. The number of likely N-dealkylation sites (N-methyl/N-ethyl adjacent to an activating group) is 1. The lowest BCUT2D eigenvalue weighted by molar-refractivity contribution is -0.132. The van der Waals surface area contributed by atoms with Crippen molar-refractivity contribution in [2.45, 2.75) is 31.1 Å². The first-order valence-corrected chi connectivity index (χ1v) is 11.2. The Morgan fingerprint density at radius 3 is 2.77 bits per heavy atom. The van der Waals surface area contributed by atoms with Gasteiger partial charge < -0.3 is 15.2 Å². The van der Waals surface area contributed by atoms with Crippen molar-refractivity contribution in [3.05, 3.63) is 77.1 Å². The number of alkyl halides is 2. The summed E-state index contributed by atoms with van der Waals surface area (Å²) >= 11 is 6.12. The van der Waals surface area contributed by atoms with Crippen LogP contribution < -0.4 is 15.2 Å². The topological polar surface area (TPSA) is 90.0 Å². The van der Waals surface area contributed by atoms with Crippen LogP contribution in [-0.4, -0.2) is 41.5 Å². The molecule has 2 atom stereocenters. The number of carbonyl (C=O) groups is 1. The quantitative estimate of drug-likeness (QED) is 0.564. The van der Waals surface area contributed by atoms with Gasteiger partial charge in [0.1, 0.15) is 17.6 Å². The predicted octanol–water partition coefficient (Wildman–Crippen LogP) is 4.38. The van der Waals surface area contributed by atoms with Gasteiger partial charge in [-0.25, -0.2) is 4.99 Å². The molecule has 0 fully saturated rings. The summed E-state index contributed by atoms with van der Waals surface area (Å²) in [7, 11) is 1.58. The minimum absolute atomic E-state index is 0.0575. The monoisotopic (exact) mass is 498 g/mol. The molecule has 3 heterocycles. The molecule has 1 spiro atoms. The van der Waals surface area contributed by atoms with Crippen LogP contribution in [0, 0.1) is 0 Å². The van der Waals surface area contributed by atoms with Gasteiger partial charge in [0.2, 0.25) is 0 Å². The van der Waals surface area contributed by atoms with E-state index in [1.54, 1.807) is 43.7 Å². The van der Waals surface area contributed by atoms with Crippen molar-refractivity contribution in [3.8, 4) is 22.6 Å². The zero-order chi connectivity index (χ0) is 24.7. The van der Waals surface area contributed by atoms with E-state index in [0.717, 1.165) is 16.7 Å². The molecule has 0 saturated heterocycles. The van der Waals surface area contributed by atoms with Gasteiger partial charge in [0.25, 0.3) is 5.91 Å². The Bertz CT molecular complexity index is 1340. The molecule has 2 N–H and O–H groups in total. The number of fused-ring (bicyclic) bond motifs is 2. The summed E-state index contributed by atoms with van der Waals surface area (Å²) in [5, 5.41) is 0.489. The Morgan fingerprint density at radius 2 is 2.06 bits per heavy atom. The van der Waals surface area contributed by atoms with Crippen molar-refractivity contribution in [2.75, 3.05) is 7.05 Å². The lowest BCUT2D eigenvalue weighted by atomic mass is 9.79. The Labute approximate surface area is 205 Å².